The molecule has 0 bridgehead atoms. The molecule has 4 nitrogen and oxygen atoms in total. The summed E-state index contributed by atoms with van der Waals surface area (Å²) in [4.78, 5) is 9.07. The molecule has 0 aromatic carbocycles. The smallest absolute Gasteiger partial charge is 0.160 e. The van der Waals surface area contributed by atoms with Crippen molar-refractivity contribution in [3.8, 4) is 0 Å². The average Bonchev–Trinajstić information content (AvgIpc) is 2.57. The first-order valence-electron chi connectivity index (χ1n) is 5.78. The number of hydrogen-bond acceptors (Lipinski definition) is 3. The maximum absolute atomic E-state index is 5.63. The molecule has 0 unspecified atom stereocenters. The Kier molecular flexibility index (Phi) is 3.19. The van der Waals surface area contributed by atoms with Gasteiger partial charge in [-0.15, -0.1) is 0 Å². The Balaban J connectivity index is 2.56. The van der Waals surface area contributed by atoms with Crippen LogP contribution in [0.2, 0.25) is 0 Å². The Hall–Kier alpha value is -1.42. The summed E-state index contributed by atoms with van der Waals surface area (Å²) in [5.74, 6) is 1.10. The molecule has 0 aliphatic heterocycles. The minimum absolute atomic E-state index is 0.623. The van der Waals surface area contributed by atoms with Gasteiger partial charge < -0.3 is 10.3 Å². The van der Waals surface area contributed by atoms with Crippen LogP contribution in [0.15, 0.2) is 12.3 Å². The van der Waals surface area contributed by atoms with E-state index in [2.05, 4.69) is 27.5 Å². The van der Waals surface area contributed by atoms with Gasteiger partial charge in [-0.25, -0.2) is 9.97 Å². The molecular weight excluding hydrogens is 200 g/mol. The van der Waals surface area contributed by atoms with Gasteiger partial charge in [0.2, 0.25) is 0 Å². The molecule has 0 fully saturated rings. The van der Waals surface area contributed by atoms with Crippen molar-refractivity contribution >= 4 is 11.2 Å². The highest BCUT2D eigenvalue weighted by atomic mass is 15.1. The largest absolute Gasteiger partial charge is 0.329 e. The molecule has 2 aromatic heterocycles. The van der Waals surface area contributed by atoms with Crippen molar-refractivity contribution in [2.75, 3.05) is 6.54 Å². The summed E-state index contributed by atoms with van der Waals surface area (Å²) in [7, 11) is 0. The van der Waals surface area contributed by atoms with E-state index in [-0.39, 0.29) is 0 Å². The summed E-state index contributed by atoms with van der Waals surface area (Å²) in [6, 6.07) is 2.08. The van der Waals surface area contributed by atoms with Crippen LogP contribution in [0.1, 0.15) is 24.7 Å². The molecule has 2 N–H and O–H groups in total. The standard InChI is InChI=1S/C12H18N4/c1-3-4-11-15-10-7-9(2)8-14-12(10)16(11)6-5-13/h7-8H,3-6,13H2,1-2H3. The van der Waals surface area contributed by atoms with Gasteiger partial charge in [0.1, 0.15) is 11.3 Å². The number of rotatable bonds is 4. The van der Waals surface area contributed by atoms with Gasteiger partial charge in [-0.2, -0.15) is 0 Å². The number of nitrogens with two attached hydrogens (primary N) is 1. The van der Waals surface area contributed by atoms with Gasteiger partial charge in [-0.3, -0.25) is 0 Å². The summed E-state index contributed by atoms with van der Waals surface area (Å²) < 4.78 is 2.14. The van der Waals surface area contributed by atoms with E-state index >= 15 is 0 Å². The molecule has 2 rings (SSSR count). The monoisotopic (exact) mass is 218 g/mol. The molecule has 2 aromatic rings. The van der Waals surface area contributed by atoms with Crippen LogP contribution in [0, 0.1) is 6.92 Å². The number of nitrogens with zero attached hydrogens (tertiary/aromatic N) is 3. The van der Waals surface area contributed by atoms with Crippen LogP contribution in [0.4, 0.5) is 0 Å². The van der Waals surface area contributed by atoms with Crippen molar-refractivity contribution in [2.24, 2.45) is 5.73 Å². The van der Waals surface area contributed by atoms with Gasteiger partial charge in [-0.1, -0.05) is 6.92 Å². The van der Waals surface area contributed by atoms with E-state index in [1.165, 1.54) is 0 Å². The van der Waals surface area contributed by atoms with Crippen molar-refractivity contribution in [1.29, 1.82) is 0 Å². The predicted molar refractivity (Wildman–Crippen MR) is 65.3 cm³/mol. The number of hydrogen-bond donors (Lipinski definition) is 1. The molecule has 4 heteroatoms. The van der Waals surface area contributed by atoms with Crippen molar-refractivity contribution in [2.45, 2.75) is 33.2 Å². The van der Waals surface area contributed by atoms with E-state index in [0.717, 1.165) is 41.9 Å². The lowest BCUT2D eigenvalue weighted by Crippen LogP contribution is -2.13. The third kappa shape index (κ3) is 1.93. The number of aryl methyl sites for hydroxylation is 2. The SMILES string of the molecule is CCCc1nc2cc(C)cnc2n1CCN. The van der Waals surface area contributed by atoms with E-state index in [1.54, 1.807) is 0 Å². The lowest BCUT2D eigenvalue weighted by molar-refractivity contribution is 0.663. The molecule has 16 heavy (non-hydrogen) atoms. The molecule has 0 aliphatic rings. The summed E-state index contributed by atoms with van der Waals surface area (Å²) in [5.41, 5.74) is 8.72. The van der Waals surface area contributed by atoms with Crippen LogP contribution >= 0.6 is 0 Å². The van der Waals surface area contributed by atoms with Gasteiger partial charge in [0.15, 0.2) is 5.65 Å². The molecule has 0 atom stereocenters. The maximum Gasteiger partial charge on any atom is 0.160 e. The van der Waals surface area contributed by atoms with Crippen LogP contribution < -0.4 is 5.73 Å². The Bertz CT molecular complexity index is 487. The van der Waals surface area contributed by atoms with Gasteiger partial charge in [-0.05, 0) is 25.0 Å². The summed E-state index contributed by atoms with van der Waals surface area (Å²) >= 11 is 0. The van der Waals surface area contributed by atoms with Crippen molar-refractivity contribution < 1.29 is 0 Å². The van der Waals surface area contributed by atoms with Crippen LogP contribution in [-0.4, -0.2) is 21.1 Å². The Morgan fingerprint density at radius 3 is 2.94 bits per heavy atom. The van der Waals surface area contributed by atoms with Gasteiger partial charge in [0.05, 0.1) is 0 Å². The molecule has 0 saturated heterocycles. The van der Waals surface area contributed by atoms with E-state index in [1.807, 2.05) is 13.1 Å². The first-order chi connectivity index (χ1) is 7.76. The third-order valence-electron chi connectivity index (χ3n) is 2.63. The van der Waals surface area contributed by atoms with Crippen LogP contribution in [0.5, 0.6) is 0 Å². The Morgan fingerprint density at radius 2 is 2.25 bits per heavy atom. The second-order valence-electron chi connectivity index (χ2n) is 4.07. The first kappa shape index (κ1) is 11.1. The van der Waals surface area contributed by atoms with E-state index in [4.69, 9.17) is 5.73 Å². The van der Waals surface area contributed by atoms with Crippen LogP contribution in [0.25, 0.3) is 11.2 Å². The zero-order chi connectivity index (χ0) is 11.5. The second kappa shape index (κ2) is 4.61. The van der Waals surface area contributed by atoms with Crippen LogP contribution in [-0.2, 0) is 13.0 Å². The number of fused-ring (bicyclic) bond motifs is 1. The van der Waals surface area contributed by atoms with Crippen molar-refractivity contribution in [3.63, 3.8) is 0 Å². The normalized spacial score (nSPS) is 11.2. The number of imidazole rings is 1. The predicted octanol–water partition coefficient (Wildman–Crippen LogP) is 1.65. The van der Waals surface area contributed by atoms with E-state index < -0.39 is 0 Å². The third-order valence-corrected chi connectivity index (χ3v) is 2.63. The zero-order valence-corrected chi connectivity index (χ0v) is 9.90. The highest BCUT2D eigenvalue weighted by Gasteiger charge is 2.10. The van der Waals surface area contributed by atoms with Crippen LogP contribution in [0.3, 0.4) is 0 Å². The summed E-state index contributed by atoms with van der Waals surface area (Å²) in [6.07, 6.45) is 3.95. The van der Waals surface area contributed by atoms with Crippen molar-refractivity contribution in [3.05, 3.63) is 23.7 Å². The molecule has 0 aliphatic carbocycles. The topological polar surface area (TPSA) is 56.7 Å². The first-order valence-corrected chi connectivity index (χ1v) is 5.78. The van der Waals surface area contributed by atoms with E-state index in [9.17, 15) is 0 Å². The minimum atomic E-state index is 0.623. The highest BCUT2D eigenvalue weighted by molar-refractivity contribution is 5.72. The second-order valence-corrected chi connectivity index (χ2v) is 4.07. The Morgan fingerprint density at radius 1 is 1.44 bits per heavy atom. The molecule has 0 saturated carbocycles. The lowest BCUT2D eigenvalue weighted by Gasteiger charge is -2.05. The fraction of sp³-hybridized carbons (Fsp3) is 0.500. The average molecular weight is 218 g/mol. The fourth-order valence-corrected chi connectivity index (χ4v) is 1.94. The number of pyridine rings is 1. The van der Waals surface area contributed by atoms with Crippen molar-refractivity contribution in [1.82, 2.24) is 14.5 Å². The highest BCUT2D eigenvalue weighted by Crippen LogP contribution is 2.16. The maximum atomic E-state index is 5.63. The molecule has 0 spiro atoms. The van der Waals surface area contributed by atoms with Gasteiger partial charge >= 0.3 is 0 Å². The van der Waals surface area contributed by atoms with Gasteiger partial charge in [0, 0.05) is 25.7 Å². The molecular formula is C12H18N4. The summed E-state index contributed by atoms with van der Waals surface area (Å²) in [5, 5.41) is 0. The quantitative estimate of drug-likeness (QED) is 0.849. The minimum Gasteiger partial charge on any atom is -0.329 e. The zero-order valence-electron chi connectivity index (χ0n) is 9.90. The Labute approximate surface area is 95.5 Å². The molecule has 86 valence electrons. The molecule has 2 heterocycles. The fourth-order valence-electron chi connectivity index (χ4n) is 1.94. The van der Waals surface area contributed by atoms with E-state index in [0.29, 0.717) is 6.54 Å². The van der Waals surface area contributed by atoms with Gasteiger partial charge in [0.25, 0.3) is 0 Å². The lowest BCUT2D eigenvalue weighted by atomic mass is 10.3. The number of aromatic nitrogens is 3. The summed E-state index contributed by atoms with van der Waals surface area (Å²) in [6.45, 7) is 5.61. The molecule has 0 amide bonds. The molecule has 0 radical (unpaired) electrons.